The molecule has 6 heteroatoms. The molecule has 0 unspecified atom stereocenters. The molecule has 1 aliphatic rings. The zero-order valence-corrected chi connectivity index (χ0v) is 12.5. The molecule has 2 N–H and O–H groups in total. The van der Waals surface area contributed by atoms with Gasteiger partial charge in [-0.25, -0.2) is 4.79 Å². The first-order valence-corrected chi connectivity index (χ1v) is 7.23. The Morgan fingerprint density at radius 1 is 1.23 bits per heavy atom. The van der Waals surface area contributed by atoms with Gasteiger partial charge in [0.1, 0.15) is 0 Å². The van der Waals surface area contributed by atoms with E-state index in [0.29, 0.717) is 18.9 Å². The Morgan fingerprint density at radius 3 is 2.59 bits per heavy atom. The number of urea groups is 1. The van der Waals surface area contributed by atoms with Crippen molar-refractivity contribution in [3.05, 3.63) is 35.9 Å². The Kier molecular flexibility index (Phi) is 4.02. The van der Waals surface area contributed by atoms with E-state index in [1.165, 1.54) is 5.39 Å². The summed E-state index contributed by atoms with van der Waals surface area (Å²) in [7, 11) is 0. The van der Waals surface area contributed by atoms with Crippen LogP contribution in [0.15, 0.2) is 40.6 Å². The summed E-state index contributed by atoms with van der Waals surface area (Å²) < 4.78 is 5.42. The van der Waals surface area contributed by atoms with Gasteiger partial charge < -0.3 is 15.4 Å². The average Bonchev–Trinajstić information content (AvgIpc) is 2.55. The van der Waals surface area contributed by atoms with E-state index in [1.54, 1.807) is 0 Å². The van der Waals surface area contributed by atoms with Crippen LogP contribution in [-0.4, -0.2) is 32.3 Å². The molecule has 0 bridgehead atoms. The maximum atomic E-state index is 10.9. The fourth-order valence-electron chi connectivity index (χ4n) is 2.76. The third kappa shape index (κ3) is 2.78. The summed E-state index contributed by atoms with van der Waals surface area (Å²) in [6.45, 7) is 5.06. The number of primary amides is 1. The molecule has 0 aliphatic carbocycles. The number of fused-ring (bicyclic) bond motifs is 1. The lowest BCUT2D eigenvalue weighted by molar-refractivity contribution is 0.123. The van der Waals surface area contributed by atoms with Crippen LogP contribution >= 0.6 is 0 Å². The van der Waals surface area contributed by atoms with Crippen molar-refractivity contribution in [2.45, 2.75) is 6.92 Å². The van der Waals surface area contributed by atoms with Crippen LogP contribution in [0.5, 0.6) is 0 Å². The Hall–Kier alpha value is -2.47. The molecular formula is C16H18N4O2. The number of amides is 2. The van der Waals surface area contributed by atoms with E-state index >= 15 is 0 Å². The van der Waals surface area contributed by atoms with Gasteiger partial charge in [0.15, 0.2) is 0 Å². The number of carbonyl (C=O) groups excluding carboxylic acids is 1. The minimum absolute atomic E-state index is 0.666. The molecule has 0 saturated carbocycles. The van der Waals surface area contributed by atoms with E-state index in [9.17, 15) is 4.79 Å². The number of benzene rings is 2. The van der Waals surface area contributed by atoms with Crippen LogP contribution in [0.4, 0.5) is 16.2 Å². The van der Waals surface area contributed by atoms with Gasteiger partial charge in [-0.3, -0.25) is 0 Å². The minimum Gasteiger partial charge on any atom is -0.378 e. The van der Waals surface area contributed by atoms with Gasteiger partial charge in [-0.1, -0.05) is 29.4 Å². The van der Waals surface area contributed by atoms with Gasteiger partial charge in [-0.15, -0.1) is 5.11 Å². The molecule has 2 aromatic rings. The summed E-state index contributed by atoms with van der Waals surface area (Å²) in [6, 6.07) is 9.35. The SMILES string of the molecule is Cc1c(N=NC(N)=O)cc(N2CCOCC2)c2ccccc12. The molecule has 1 aliphatic heterocycles. The Morgan fingerprint density at radius 2 is 1.91 bits per heavy atom. The van der Waals surface area contributed by atoms with Gasteiger partial charge >= 0.3 is 6.03 Å². The molecule has 114 valence electrons. The smallest absolute Gasteiger partial charge is 0.356 e. The Bertz CT molecular complexity index is 736. The van der Waals surface area contributed by atoms with Crippen LogP contribution in [-0.2, 0) is 4.74 Å². The molecule has 0 radical (unpaired) electrons. The highest BCUT2D eigenvalue weighted by molar-refractivity contribution is 5.99. The monoisotopic (exact) mass is 298 g/mol. The first-order valence-electron chi connectivity index (χ1n) is 7.23. The number of hydrogen-bond acceptors (Lipinski definition) is 4. The van der Waals surface area contributed by atoms with E-state index in [1.807, 2.05) is 25.1 Å². The molecule has 1 heterocycles. The summed E-state index contributed by atoms with van der Waals surface area (Å²) in [5.74, 6) is 0. The molecule has 1 saturated heterocycles. The third-order valence-corrected chi connectivity index (χ3v) is 3.87. The van der Waals surface area contributed by atoms with Crippen molar-refractivity contribution in [1.82, 2.24) is 0 Å². The van der Waals surface area contributed by atoms with Crippen LogP contribution in [0.25, 0.3) is 10.8 Å². The fourth-order valence-corrected chi connectivity index (χ4v) is 2.76. The molecule has 2 aromatic carbocycles. The predicted octanol–water partition coefficient (Wildman–Crippen LogP) is 3.15. The molecule has 0 spiro atoms. The lowest BCUT2D eigenvalue weighted by Crippen LogP contribution is -2.36. The number of azo groups is 1. The summed E-state index contributed by atoms with van der Waals surface area (Å²) in [4.78, 5) is 13.1. The van der Waals surface area contributed by atoms with Gasteiger partial charge in [-0.2, -0.15) is 0 Å². The molecule has 2 amide bonds. The second-order valence-electron chi connectivity index (χ2n) is 5.22. The van der Waals surface area contributed by atoms with Crippen LogP contribution in [0.1, 0.15) is 5.56 Å². The highest BCUT2D eigenvalue weighted by Gasteiger charge is 2.16. The summed E-state index contributed by atoms with van der Waals surface area (Å²) in [6.07, 6.45) is 0. The van der Waals surface area contributed by atoms with Gasteiger partial charge in [0, 0.05) is 24.2 Å². The number of nitrogens with two attached hydrogens (primary N) is 1. The molecule has 0 atom stereocenters. The second kappa shape index (κ2) is 6.11. The van der Waals surface area contributed by atoms with E-state index in [0.717, 1.165) is 29.7 Å². The van der Waals surface area contributed by atoms with E-state index in [2.05, 4.69) is 27.3 Å². The van der Waals surface area contributed by atoms with Crippen molar-refractivity contribution in [2.24, 2.45) is 16.0 Å². The molecular weight excluding hydrogens is 280 g/mol. The number of nitrogens with zero attached hydrogens (tertiary/aromatic N) is 3. The lowest BCUT2D eigenvalue weighted by atomic mass is 10.0. The Labute approximate surface area is 128 Å². The number of anilines is 1. The van der Waals surface area contributed by atoms with Gasteiger partial charge in [0.05, 0.1) is 18.9 Å². The predicted molar refractivity (Wildman–Crippen MR) is 85.8 cm³/mol. The second-order valence-corrected chi connectivity index (χ2v) is 5.22. The standard InChI is InChI=1S/C16H18N4O2/c1-11-12-4-2-3-5-13(12)15(20-6-8-22-9-7-20)10-14(11)18-19-16(17)21/h2-5,10H,6-9H2,1H3,(H2,17,21). The van der Waals surface area contributed by atoms with Crippen molar-refractivity contribution < 1.29 is 9.53 Å². The zero-order valence-electron chi connectivity index (χ0n) is 12.5. The molecule has 3 rings (SSSR count). The van der Waals surface area contributed by atoms with E-state index in [-0.39, 0.29) is 0 Å². The largest absolute Gasteiger partial charge is 0.378 e. The van der Waals surface area contributed by atoms with Crippen molar-refractivity contribution in [3.63, 3.8) is 0 Å². The number of morpholine rings is 1. The van der Waals surface area contributed by atoms with Crippen LogP contribution in [0.2, 0.25) is 0 Å². The van der Waals surface area contributed by atoms with Crippen LogP contribution in [0.3, 0.4) is 0 Å². The fraction of sp³-hybridized carbons (Fsp3) is 0.312. The maximum absolute atomic E-state index is 10.9. The lowest BCUT2D eigenvalue weighted by Gasteiger charge is -2.30. The van der Waals surface area contributed by atoms with Crippen molar-refractivity contribution >= 4 is 28.2 Å². The minimum atomic E-state index is -0.791. The quantitative estimate of drug-likeness (QED) is 0.865. The summed E-state index contributed by atoms with van der Waals surface area (Å²) >= 11 is 0. The molecule has 22 heavy (non-hydrogen) atoms. The summed E-state index contributed by atoms with van der Waals surface area (Å²) in [5.41, 5.74) is 7.79. The average molecular weight is 298 g/mol. The van der Waals surface area contributed by atoms with E-state index in [4.69, 9.17) is 10.5 Å². The maximum Gasteiger partial charge on any atom is 0.356 e. The van der Waals surface area contributed by atoms with E-state index < -0.39 is 6.03 Å². The first kappa shape index (κ1) is 14.5. The van der Waals surface area contributed by atoms with Crippen LogP contribution < -0.4 is 10.6 Å². The number of carbonyl (C=O) groups is 1. The van der Waals surface area contributed by atoms with Crippen LogP contribution in [0, 0.1) is 6.92 Å². The molecule has 0 aromatic heterocycles. The number of aryl methyl sites for hydroxylation is 1. The molecule has 1 fully saturated rings. The number of hydrogen-bond donors (Lipinski definition) is 1. The number of ether oxygens (including phenoxy) is 1. The third-order valence-electron chi connectivity index (χ3n) is 3.87. The highest BCUT2D eigenvalue weighted by atomic mass is 16.5. The van der Waals surface area contributed by atoms with Crippen molar-refractivity contribution in [1.29, 1.82) is 0 Å². The number of rotatable bonds is 2. The van der Waals surface area contributed by atoms with Gasteiger partial charge in [0.2, 0.25) is 0 Å². The Balaban J connectivity index is 2.16. The topological polar surface area (TPSA) is 80.3 Å². The zero-order chi connectivity index (χ0) is 15.5. The van der Waals surface area contributed by atoms with Gasteiger partial charge in [-0.05, 0) is 23.9 Å². The normalized spacial score (nSPS) is 15.6. The van der Waals surface area contributed by atoms with Gasteiger partial charge in [0.25, 0.3) is 0 Å². The first-order chi connectivity index (χ1) is 10.7. The van der Waals surface area contributed by atoms with Crippen molar-refractivity contribution in [2.75, 3.05) is 31.2 Å². The molecule has 6 nitrogen and oxygen atoms in total. The van der Waals surface area contributed by atoms with Crippen molar-refractivity contribution in [3.8, 4) is 0 Å². The highest BCUT2D eigenvalue weighted by Crippen LogP contribution is 2.36. The summed E-state index contributed by atoms with van der Waals surface area (Å²) in [5, 5.41) is 9.74.